The second kappa shape index (κ2) is 8.90. The van der Waals surface area contributed by atoms with Gasteiger partial charge in [0.1, 0.15) is 5.82 Å². The highest BCUT2D eigenvalue weighted by atomic mass is 79.9. The van der Waals surface area contributed by atoms with Gasteiger partial charge < -0.3 is 14.2 Å². The number of rotatable bonds is 7. The van der Waals surface area contributed by atoms with E-state index in [9.17, 15) is 9.59 Å². The third kappa shape index (κ3) is 4.14. The molecule has 1 amide bonds. The Morgan fingerprint density at radius 1 is 1.21 bits per heavy atom. The monoisotopic (exact) mass is 447 g/mol. The first-order valence-electron chi connectivity index (χ1n) is 9.74. The van der Waals surface area contributed by atoms with Crippen molar-refractivity contribution in [2.24, 2.45) is 0 Å². The predicted octanol–water partition coefficient (Wildman–Crippen LogP) is 3.64. The van der Waals surface area contributed by atoms with Crippen molar-refractivity contribution < 1.29 is 9.53 Å². The number of carbonyl (C=O) groups excluding carboxylic acids is 1. The summed E-state index contributed by atoms with van der Waals surface area (Å²) in [4.78, 5) is 32.0. The molecule has 6 nitrogen and oxygen atoms in total. The van der Waals surface area contributed by atoms with Crippen molar-refractivity contribution in [3.63, 3.8) is 0 Å². The number of carbonyl (C=O) groups is 1. The van der Waals surface area contributed by atoms with Crippen molar-refractivity contribution in [2.75, 3.05) is 13.2 Å². The van der Waals surface area contributed by atoms with Crippen LogP contribution in [0.4, 0.5) is 0 Å². The van der Waals surface area contributed by atoms with E-state index in [-0.39, 0.29) is 17.7 Å². The maximum absolute atomic E-state index is 13.2. The Bertz CT molecular complexity index is 924. The number of ether oxygens (including phenoxy) is 1. The van der Waals surface area contributed by atoms with Crippen molar-refractivity contribution in [1.29, 1.82) is 0 Å². The van der Waals surface area contributed by atoms with E-state index in [0.717, 1.165) is 22.9 Å². The van der Waals surface area contributed by atoms with Crippen LogP contribution in [0.25, 0.3) is 0 Å². The van der Waals surface area contributed by atoms with Gasteiger partial charge in [0, 0.05) is 30.0 Å². The highest BCUT2D eigenvalue weighted by Crippen LogP contribution is 2.25. The Hall–Kier alpha value is -2.15. The zero-order valence-corrected chi connectivity index (χ0v) is 18.2. The minimum Gasteiger partial charge on any atom is -0.486 e. The molecule has 0 bridgehead atoms. The summed E-state index contributed by atoms with van der Waals surface area (Å²) in [5, 5.41) is 0. The maximum atomic E-state index is 13.2. The fraction of sp³-hybridized carbons (Fsp3) is 0.476. The van der Waals surface area contributed by atoms with Crippen LogP contribution < -0.4 is 10.3 Å². The smallest absolute Gasteiger partial charge is 0.316 e. The predicted molar refractivity (Wildman–Crippen MR) is 112 cm³/mol. The van der Waals surface area contributed by atoms with Gasteiger partial charge in [0.2, 0.25) is 5.75 Å². The van der Waals surface area contributed by atoms with Gasteiger partial charge in [-0.1, -0.05) is 47.5 Å². The van der Waals surface area contributed by atoms with Crippen LogP contribution in [0.5, 0.6) is 5.75 Å². The van der Waals surface area contributed by atoms with E-state index >= 15 is 0 Å². The molecule has 2 heterocycles. The van der Waals surface area contributed by atoms with Gasteiger partial charge in [-0.3, -0.25) is 9.59 Å². The average molecular weight is 448 g/mol. The van der Waals surface area contributed by atoms with E-state index < -0.39 is 5.56 Å². The SMILES string of the molecule is CCCCOc1c2n(c(Cc3ccccc3Br)nc1=O)CCN(C(C)C)C2=O. The third-order valence-corrected chi connectivity index (χ3v) is 5.70. The number of nitrogens with zero attached hydrogens (tertiary/aromatic N) is 3. The molecule has 3 rings (SSSR count). The van der Waals surface area contributed by atoms with Crippen LogP contribution in [-0.2, 0) is 13.0 Å². The summed E-state index contributed by atoms with van der Waals surface area (Å²) >= 11 is 3.55. The van der Waals surface area contributed by atoms with E-state index in [1.54, 1.807) is 4.90 Å². The molecule has 7 heteroatoms. The van der Waals surface area contributed by atoms with Crippen molar-refractivity contribution in [3.8, 4) is 5.75 Å². The molecule has 0 saturated carbocycles. The standard InChI is InChI=1S/C21H26BrN3O3/c1-4-5-12-28-19-18-21(27)24(14(2)3)10-11-25(18)17(23-20(19)26)13-15-8-6-7-9-16(15)22/h6-9,14H,4-5,10-13H2,1-3H3. The quantitative estimate of drug-likeness (QED) is 0.607. The average Bonchev–Trinajstić information content (AvgIpc) is 2.66. The summed E-state index contributed by atoms with van der Waals surface area (Å²) in [6.45, 7) is 7.59. The molecule has 0 N–H and O–H groups in total. The van der Waals surface area contributed by atoms with Gasteiger partial charge in [-0.05, 0) is 31.9 Å². The minimum atomic E-state index is -0.469. The first-order valence-corrected chi connectivity index (χ1v) is 10.5. The van der Waals surface area contributed by atoms with Crippen LogP contribution in [0.3, 0.4) is 0 Å². The Labute approximate surface area is 173 Å². The second-order valence-corrected chi connectivity index (χ2v) is 8.08. The highest BCUT2D eigenvalue weighted by molar-refractivity contribution is 9.10. The topological polar surface area (TPSA) is 64.4 Å². The third-order valence-electron chi connectivity index (χ3n) is 4.92. The largest absolute Gasteiger partial charge is 0.486 e. The van der Waals surface area contributed by atoms with E-state index in [0.29, 0.717) is 37.6 Å². The molecule has 1 aliphatic heterocycles. The maximum Gasteiger partial charge on any atom is 0.316 e. The molecule has 1 aliphatic rings. The van der Waals surface area contributed by atoms with E-state index in [2.05, 4.69) is 27.8 Å². The highest BCUT2D eigenvalue weighted by Gasteiger charge is 2.33. The van der Waals surface area contributed by atoms with Crippen LogP contribution >= 0.6 is 15.9 Å². The summed E-state index contributed by atoms with van der Waals surface area (Å²) in [6.07, 6.45) is 2.23. The number of hydrogen-bond acceptors (Lipinski definition) is 4. The summed E-state index contributed by atoms with van der Waals surface area (Å²) in [6, 6.07) is 7.89. The molecular formula is C21H26BrN3O3. The summed E-state index contributed by atoms with van der Waals surface area (Å²) in [5.74, 6) is 0.506. The number of halogens is 1. The number of fused-ring (bicyclic) bond motifs is 1. The van der Waals surface area contributed by atoms with Crippen LogP contribution in [0, 0.1) is 0 Å². The Kier molecular flexibility index (Phi) is 6.54. The fourth-order valence-electron chi connectivity index (χ4n) is 3.37. The lowest BCUT2D eigenvalue weighted by Gasteiger charge is -2.34. The van der Waals surface area contributed by atoms with Crippen molar-refractivity contribution >= 4 is 21.8 Å². The summed E-state index contributed by atoms with van der Waals surface area (Å²) in [7, 11) is 0. The lowest BCUT2D eigenvalue weighted by molar-refractivity contribution is 0.0635. The van der Waals surface area contributed by atoms with Gasteiger partial charge in [0.05, 0.1) is 6.61 Å². The number of hydrogen-bond donors (Lipinski definition) is 0. The van der Waals surface area contributed by atoms with Crippen LogP contribution in [0.2, 0.25) is 0 Å². The molecule has 150 valence electrons. The number of unbranched alkanes of at least 4 members (excludes halogenated alkanes) is 1. The van der Waals surface area contributed by atoms with Gasteiger partial charge in [0.25, 0.3) is 5.91 Å². The van der Waals surface area contributed by atoms with Gasteiger partial charge in [-0.15, -0.1) is 0 Å². The molecule has 0 atom stereocenters. The molecule has 0 fully saturated rings. The molecule has 1 aromatic carbocycles. The minimum absolute atomic E-state index is 0.0553. The number of aromatic nitrogens is 2. The lowest BCUT2D eigenvalue weighted by atomic mass is 10.1. The summed E-state index contributed by atoms with van der Waals surface area (Å²) < 4.78 is 8.57. The molecule has 0 aliphatic carbocycles. The summed E-state index contributed by atoms with van der Waals surface area (Å²) in [5.41, 5.74) is 0.879. The van der Waals surface area contributed by atoms with E-state index in [1.165, 1.54) is 0 Å². The normalized spacial score (nSPS) is 13.8. The molecule has 0 unspecified atom stereocenters. The number of benzene rings is 1. The molecule has 1 aromatic heterocycles. The first kappa shape index (κ1) is 20.6. The Morgan fingerprint density at radius 3 is 2.64 bits per heavy atom. The van der Waals surface area contributed by atoms with Crippen LogP contribution in [0.15, 0.2) is 33.5 Å². The second-order valence-electron chi connectivity index (χ2n) is 7.23. The zero-order chi connectivity index (χ0) is 20.3. The molecule has 2 aromatic rings. The van der Waals surface area contributed by atoms with Gasteiger partial charge in [0.15, 0.2) is 5.69 Å². The van der Waals surface area contributed by atoms with Gasteiger partial charge in [-0.2, -0.15) is 4.98 Å². The van der Waals surface area contributed by atoms with E-state index in [4.69, 9.17) is 4.74 Å². The Balaban J connectivity index is 2.09. The van der Waals surface area contributed by atoms with Crippen LogP contribution in [0.1, 0.15) is 55.5 Å². The van der Waals surface area contributed by atoms with Crippen molar-refractivity contribution in [1.82, 2.24) is 14.5 Å². The molecular weight excluding hydrogens is 422 g/mol. The molecule has 28 heavy (non-hydrogen) atoms. The van der Waals surface area contributed by atoms with Crippen molar-refractivity contribution in [2.45, 2.75) is 52.6 Å². The fourth-order valence-corrected chi connectivity index (χ4v) is 3.79. The zero-order valence-electron chi connectivity index (χ0n) is 16.6. The lowest BCUT2D eigenvalue weighted by Crippen LogP contribution is -2.46. The van der Waals surface area contributed by atoms with Gasteiger partial charge in [-0.25, -0.2) is 0 Å². The molecule has 0 spiro atoms. The number of amides is 1. The molecule has 0 radical (unpaired) electrons. The Morgan fingerprint density at radius 2 is 1.96 bits per heavy atom. The van der Waals surface area contributed by atoms with Gasteiger partial charge >= 0.3 is 5.56 Å². The van der Waals surface area contributed by atoms with Crippen molar-refractivity contribution in [3.05, 3.63) is 56.2 Å². The van der Waals surface area contributed by atoms with Crippen LogP contribution in [-0.4, -0.2) is 39.6 Å². The molecule has 0 saturated heterocycles. The van der Waals surface area contributed by atoms with E-state index in [1.807, 2.05) is 42.7 Å². The first-order chi connectivity index (χ1) is 13.4.